The molecule has 1 aliphatic rings. The zero-order valence-electron chi connectivity index (χ0n) is 10.1. The van der Waals surface area contributed by atoms with Gasteiger partial charge in [0.2, 0.25) is 0 Å². The van der Waals surface area contributed by atoms with Crippen molar-refractivity contribution in [1.82, 2.24) is 9.99 Å². The van der Waals surface area contributed by atoms with Crippen LogP contribution in [0.5, 0.6) is 0 Å². The Morgan fingerprint density at radius 3 is 2.94 bits per heavy atom. The van der Waals surface area contributed by atoms with E-state index in [1.54, 1.807) is 11.2 Å². The Morgan fingerprint density at radius 1 is 1.67 bits per heavy atom. The standard InChI is InChI=1S/C11H13ClN4O2/c1-16-5-6(4-14-16)10-9(11(17)18-2)7(13)3-8(12)15-10/h3-4,6H,5H2,1-2H3,(H2,13,15). The third-order valence-electron chi connectivity index (χ3n) is 2.69. The molecule has 0 amide bonds. The molecule has 2 N–H and O–H groups in total. The van der Waals surface area contributed by atoms with Crippen molar-refractivity contribution in [3.63, 3.8) is 0 Å². The van der Waals surface area contributed by atoms with Crippen LogP contribution in [0.25, 0.3) is 0 Å². The van der Waals surface area contributed by atoms with Crippen LogP contribution in [0, 0.1) is 0 Å². The Balaban J connectivity index is 2.51. The second-order valence-corrected chi connectivity index (χ2v) is 4.38. The zero-order chi connectivity index (χ0) is 13.3. The normalized spacial score (nSPS) is 18.2. The number of anilines is 1. The highest BCUT2D eigenvalue weighted by molar-refractivity contribution is 6.29. The van der Waals surface area contributed by atoms with E-state index >= 15 is 0 Å². The van der Waals surface area contributed by atoms with Gasteiger partial charge in [0.1, 0.15) is 10.7 Å². The molecule has 0 aromatic carbocycles. The van der Waals surface area contributed by atoms with Crippen molar-refractivity contribution in [2.75, 3.05) is 26.4 Å². The number of ether oxygens (including phenoxy) is 1. The maximum atomic E-state index is 11.8. The highest BCUT2D eigenvalue weighted by Crippen LogP contribution is 2.28. The van der Waals surface area contributed by atoms with Gasteiger partial charge in [0.25, 0.3) is 0 Å². The topological polar surface area (TPSA) is 80.8 Å². The summed E-state index contributed by atoms with van der Waals surface area (Å²) in [6.07, 6.45) is 1.71. The molecule has 1 aromatic heterocycles. The summed E-state index contributed by atoms with van der Waals surface area (Å²) in [5.41, 5.74) is 6.84. The van der Waals surface area contributed by atoms with Crippen LogP contribution in [-0.4, -0.2) is 42.9 Å². The van der Waals surface area contributed by atoms with Crippen LogP contribution in [0.2, 0.25) is 5.15 Å². The molecule has 0 radical (unpaired) electrons. The molecule has 0 fully saturated rings. The van der Waals surface area contributed by atoms with Crippen molar-refractivity contribution in [2.24, 2.45) is 5.10 Å². The molecule has 1 unspecified atom stereocenters. The molecule has 7 heteroatoms. The minimum atomic E-state index is -0.519. The molecule has 0 spiro atoms. The average Bonchev–Trinajstić information content (AvgIpc) is 2.74. The predicted molar refractivity (Wildman–Crippen MR) is 68.9 cm³/mol. The number of carbonyl (C=O) groups is 1. The minimum Gasteiger partial charge on any atom is -0.465 e. The first-order valence-corrected chi connectivity index (χ1v) is 5.70. The SMILES string of the molecule is COC(=O)c1c(N)cc(Cl)nc1C1C=NN(C)C1. The van der Waals surface area contributed by atoms with Gasteiger partial charge >= 0.3 is 5.97 Å². The van der Waals surface area contributed by atoms with Gasteiger partial charge in [-0.3, -0.25) is 5.01 Å². The lowest BCUT2D eigenvalue weighted by Gasteiger charge is -2.14. The number of pyridine rings is 1. The van der Waals surface area contributed by atoms with Gasteiger partial charge in [-0.1, -0.05) is 11.6 Å². The van der Waals surface area contributed by atoms with Gasteiger partial charge in [0.05, 0.1) is 24.4 Å². The lowest BCUT2D eigenvalue weighted by molar-refractivity contribution is 0.0600. The van der Waals surface area contributed by atoms with E-state index in [2.05, 4.69) is 10.1 Å². The molecular weight excluding hydrogens is 256 g/mol. The molecule has 1 aliphatic heterocycles. The summed E-state index contributed by atoms with van der Waals surface area (Å²) >= 11 is 5.88. The number of nitrogens with two attached hydrogens (primary N) is 1. The smallest absolute Gasteiger partial charge is 0.341 e. The molecule has 0 bridgehead atoms. The molecule has 0 saturated heterocycles. The summed E-state index contributed by atoms with van der Waals surface area (Å²) < 4.78 is 4.72. The van der Waals surface area contributed by atoms with Gasteiger partial charge in [0.15, 0.2) is 0 Å². The summed E-state index contributed by atoms with van der Waals surface area (Å²) in [7, 11) is 3.14. The van der Waals surface area contributed by atoms with E-state index in [1.165, 1.54) is 13.2 Å². The van der Waals surface area contributed by atoms with Crippen LogP contribution < -0.4 is 5.73 Å². The van der Waals surface area contributed by atoms with Crippen molar-refractivity contribution in [3.8, 4) is 0 Å². The quantitative estimate of drug-likeness (QED) is 0.642. The molecule has 0 saturated carbocycles. The van der Waals surface area contributed by atoms with Crippen LogP contribution in [0.3, 0.4) is 0 Å². The molecule has 2 rings (SSSR count). The molecule has 1 aromatic rings. The van der Waals surface area contributed by atoms with E-state index in [4.69, 9.17) is 22.1 Å². The monoisotopic (exact) mass is 268 g/mol. The van der Waals surface area contributed by atoms with Crippen molar-refractivity contribution in [2.45, 2.75) is 5.92 Å². The fraction of sp³-hybridized carbons (Fsp3) is 0.364. The second kappa shape index (κ2) is 4.81. The van der Waals surface area contributed by atoms with E-state index < -0.39 is 5.97 Å². The summed E-state index contributed by atoms with van der Waals surface area (Å²) in [6, 6.07) is 1.44. The third-order valence-corrected chi connectivity index (χ3v) is 2.89. The Morgan fingerprint density at radius 2 is 2.39 bits per heavy atom. The number of rotatable bonds is 2. The fourth-order valence-electron chi connectivity index (χ4n) is 1.87. The first kappa shape index (κ1) is 12.6. The molecule has 1 atom stereocenters. The molecule has 2 heterocycles. The van der Waals surface area contributed by atoms with Crippen molar-refractivity contribution >= 4 is 29.5 Å². The molecular formula is C11H13ClN4O2. The number of methoxy groups -OCH3 is 1. The number of nitrogen functional groups attached to an aromatic ring is 1. The van der Waals surface area contributed by atoms with E-state index in [-0.39, 0.29) is 22.3 Å². The van der Waals surface area contributed by atoms with Gasteiger partial charge in [-0.2, -0.15) is 5.10 Å². The molecule has 6 nitrogen and oxygen atoms in total. The van der Waals surface area contributed by atoms with Crippen LogP contribution in [0.4, 0.5) is 5.69 Å². The Bertz CT molecular complexity index is 518. The van der Waals surface area contributed by atoms with Gasteiger partial charge < -0.3 is 10.5 Å². The Hall–Kier alpha value is -1.82. The number of hydrazone groups is 1. The van der Waals surface area contributed by atoms with Crippen molar-refractivity contribution in [1.29, 1.82) is 0 Å². The van der Waals surface area contributed by atoms with Gasteiger partial charge in [0, 0.05) is 19.8 Å². The number of likely N-dealkylation sites (N-methyl/N-ethyl adjacent to an activating group) is 1. The number of carbonyl (C=O) groups excluding carboxylic acids is 1. The first-order chi connectivity index (χ1) is 8.52. The highest BCUT2D eigenvalue weighted by Gasteiger charge is 2.27. The van der Waals surface area contributed by atoms with E-state index in [0.717, 1.165) is 0 Å². The van der Waals surface area contributed by atoms with Crippen LogP contribution >= 0.6 is 11.6 Å². The lowest BCUT2D eigenvalue weighted by Crippen LogP contribution is -2.18. The fourth-order valence-corrected chi connectivity index (χ4v) is 2.08. The number of hydrogen-bond acceptors (Lipinski definition) is 6. The number of nitrogens with zero attached hydrogens (tertiary/aromatic N) is 3. The van der Waals surface area contributed by atoms with Crippen LogP contribution in [-0.2, 0) is 4.74 Å². The second-order valence-electron chi connectivity index (χ2n) is 4.00. The maximum Gasteiger partial charge on any atom is 0.341 e. The van der Waals surface area contributed by atoms with Gasteiger partial charge in [-0.15, -0.1) is 0 Å². The predicted octanol–water partition coefficient (Wildman–Crippen LogP) is 1.12. The minimum absolute atomic E-state index is 0.120. The van der Waals surface area contributed by atoms with Gasteiger partial charge in [-0.25, -0.2) is 9.78 Å². The number of halogens is 1. The van der Waals surface area contributed by atoms with Crippen molar-refractivity contribution < 1.29 is 9.53 Å². The third kappa shape index (κ3) is 2.24. The molecule has 18 heavy (non-hydrogen) atoms. The van der Waals surface area contributed by atoms with Crippen LogP contribution in [0.15, 0.2) is 11.2 Å². The van der Waals surface area contributed by atoms with E-state index in [0.29, 0.717) is 12.2 Å². The molecule has 96 valence electrons. The highest BCUT2D eigenvalue weighted by atomic mass is 35.5. The van der Waals surface area contributed by atoms with Crippen LogP contribution in [0.1, 0.15) is 22.0 Å². The number of hydrogen-bond donors (Lipinski definition) is 1. The Kier molecular flexibility index (Phi) is 3.38. The summed E-state index contributed by atoms with van der Waals surface area (Å²) in [4.78, 5) is 15.9. The largest absolute Gasteiger partial charge is 0.465 e. The number of esters is 1. The summed E-state index contributed by atoms with van der Waals surface area (Å²) in [6.45, 7) is 0.622. The van der Waals surface area contributed by atoms with E-state index in [9.17, 15) is 4.79 Å². The average molecular weight is 269 g/mol. The zero-order valence-corrected chi connectivity index (χ0v) is 10.8. The summed E-state index contributed by atoms with van der Waals surface area (Å²) in [5, 5.41) is 6.11. The van der Waals surface area contributed by atoms with Crippen molar-refractivity contribution in [3.05, 3.63) is 22.5 Å². The molecule has 0 aliphatic carbocycles. The number of aromatic nitrogens is 1. The summed E-state index contributed by atoms with van der Waals surface area (Å²) in [5.74, 6) is -0.639. The van der Waals surface area contributed by atoms with Gasteiger partial charge in [-0.05, 0) is 6.07 Å². The maximum absolute atomic E-state index is 11.8. The Labute approximate surface area is 109 Å². The first-order valence-electron chi connectivity index (χ1n) is 5.32. The lowest BCUT2D eigenvalue weighted by atomic mass is 10.0. The van der Waals surface area contributed by atoms with E-state index in [1.807, 2.05) is 7.05 Å².